The number of allylic oxidation sites excluding steroid dienone is 1. The zero-order chi connectivity index (χ0) is 16.8. The van der Waals surface area contributed by atoms with Crippen LogP contribution in [0.5, 0.6) is 0 Å². The third-order valence-electron chi connectivity index (χ3n) is 3.16. The third-order valence-corrected chi connectivity index (χ3v) is 3.16. The average Bonchev–Trinajstić information content (AvgIpc) is 2.56. The molecule has 0 bridgehead atoms. The molecule has 0 unspecified atom stereocenters. The molecule has 0 spiro atoms. The van der Waals surface area contributed by atoms with Crippen molar-refractivity contribution in [1.82, 2.24) is 5.32 Å². The molecule has 0 aliphatic rings. The molecule has 2 rings (SSSR count). The maximum Gasteiger partial charge on any atom is 0.342 e. The van der Waals surface area contributed by atoms with Crippen molar-refractivity contribution < 1.29 is 9.59 Å². The molecule has 0 aliphatic heterocycles. The molecule has 0 atom stereocenters. The largest absolute Gasteiger partial charge is 0.342 e. The van der Waals surface area contributed by atoms with Crippen LogP contribution in [0.1, 0.15) is 22.8 Å². The highest BCUT2D eigenvalue weighted by Gasteiger charge is 2.19. The summed E-state index contributed by atoms with van der Waals surface area (Å²) in [5.74, 6) is -0.563. The lowest BCUT2D eigenvalue weighted by Gasteiger charge is -2.15. The maximum absolute atomic E-state index is 12.2. The molecule has 0 fully saturated rings. The Morgan fingerprint density at radius 3 is 2.35 bits per heavy atom. The Labute approximate surface area is 134 Å². The summed E-state index contributed by atoms with van der Waals surface area (Å²) < 4.78 is 0. The smallest absolute Gasteiger partial charge is 0.273 e. The normalized spacial score (nSPS) is 9.57. The van der Waals surface area contributed by atoms with Crippen LogP contribution in [-0.2, 0) is 0 Å². The number of urea groups is 1. The van der Waals surface area contributed by atoms with E-state index in [0.29, 0.717) is 11.3 Å². The van der Waals surface area contributed by atoms with E-state index in [1.807, 2.05) is 13.0 Å². The first kappa shape index (κ1) is 16.0. The summed E-state index contributed by atoms with van der Waals surface area (Å²) in [5, 5.41) is 11.4. The lowest BCUT2D eigenvalue weighted by atomic mass is 10.1. The summed E-state index contributed by atoms with van der Waals surface area (Å²) in [6, 6.07) is 14.3. The summed E-state index contributed by atoms with van der Waals surface area (Å²) in [6.45, 7) is 5.66. The first-order valence-electron chi connectivity index (χ1n) is 6.89. The molecule has 0 radical (unpaired) electrons. The first-order valence-corrected chi connectivity index (χ1v) is 6.89. The average molecular weight is 305 g/mol. The number of rotatable bonds is 3. The van der Waals surface area contributed by atoms with Crippen LogP contribution in [0, 0.1) is 11.5 Å². The van der Waals surface area contributed by atoms with Gasteiger partial charge in [0.1, 0.15) is 0 Å². The molecule has 0 aliphatic carbocycles. The second kappa shape index (κ2) is 7.05. The van der Waals surface area contributed by atoms with Gasteiger partial charge >= 0.3 is 6.03 Å². The number of hydrogen-bond donors (Lipinski definition) is 1. The highest BCUT2D eigenvalue weighted by Crippen LogP contribution is 2.20. The number of anilines is 1. The number of nitriles is 1. The first-order chi connectivity index (χ1) is 11.0. The fourth-order valence-corrected chi connectivity index (χ4v) is 1.95. The zero-order valence-electron chi connectivity index (χ0n) is 12.6. The summed E-state index contributed by atoms with van der Waals surface area (Å²) in [7, 11) is 0. The number of imide groups is 1. The topological polar surface area (TPSA) is 73.2 Å². The fraction of sp³-hybridized carbons (Fsp3) is 0.0556. The van der Waals surface area contributed by atoms with E-state index in [4.69, 9.17) is 0 Å². The fourth-order valence-electron chi connectivity index (χ4n) is 1.95. The minimum atomic E-state index is -0.805. The van der Waals surface area contributed by atoms with Gasteiger partial charge in [0.25, 0.3) is 5.91 Å². The summed E-state index contributed by atoms with van der Waals surface area (Å²) in [4.78, 5) is 25.0. The monoisotopic (exact) mass is 305 g/mol. The quantitative estimate of drug-likeness (QED) is 0.696. The van der Waals surface area contributed by atoms with Crippen LogP contribution in [0.25, 0.3) is 5.57 Å². The van der Waals surface area contributed by atoms with Crippen molar-refractivity contribution in [2.75, 3.05) is 4.90 Å². The third kappa shape index (κ3) is 3.83. The van der Waals surface area contributed by atoms with Crippen LogP contribution in [0.15, 0.2) is 61.2 Å². The van der Waals surface area contributed by atoms with Gasteiger partial charge in [-0.3, -0.25) is 10.1 Å². The molecule has 114 valence electrons. The summed E-state index contributed by atoms with van der Waals surface area (Å²) in [6.07, 6.45) is 1.78. The van der Waals surface area contributed by atoms with Gasteiger partial charge in [-0.15, -0.1) is 0 Å². The maximum atomic E-state index is 12.2. The minimum absolute atomic E-state index is 0.342. The lowest BCUT2D eigenvalue weighted by Crippen LogP contribution is -2.40. The van der Waals surface area contributed by atoms with Crippen LogP contribution in [0.2, 0.25) is 0 Å². The number of carbonyl (C=O) groups excluding carboxylic acids is 2. The number of nitrogens with zero attached hydrogens (tertiary/aromatic N) is 2. The van der Waals surface area contributed by atoms with Crippen molar-refractivity contribution in [3.63, 3.8) is 0 Å². The Hall–Kier alpha value is -3.39. The van der Waals surface area contributed by atoms with E-state index in [-0.39, 0.29) is 0 Å². The molecule has 5 nitrogen and oxygen atoms in total. The van der Waals surface area contributed by atoms with E-state index in [9.17, 15) is 14.9 Å². The van der Waals surface area contributed by atoms with Crippen molar-refractivity contribution >= 4 is 23.2 Å². The zero-order valence-corrected chi connectivity index (χ0v) is 12.6. The molecule has 0 heterocycles. The van der Waals surface area contributed by atoms with E-state index in [0.717, 1.165) is 16.0 Å². The van der Waals surface area contributed by atoms with E-state index < -0.39 is 11.9 Å². The van der Waals surface area contributed by atoms with E-state index in [1.165, 1.54) is 0 Å². The molecule has 3 amide bonds. The van der Waals surface area contributed by atoms with Gasteiger partial charge in [-0.05, 0) is 36.8 Å². The predicted molar refractivity (Wildman–Crippen MR) is 88.5 cm³/mol. The van der Waals surface area contributed by atoms with Gasteiger partial charge in [-0.1, -0.05) is 42.5 Å². The summed E-state index contributed by atoms with van der Waals surface area (Å²) >= 11 is 0. The number of benzene rings is 2. The van der Waals surface area contributed by atoms with Crippen LogP contribution in [0.3, 0.4) is 0 Å². The molecular formula is C18H15N3O2. The van der Waals surface area contributed by atoms with Crippen molar-refractivity contribution in [3.05, 3.63) is 72.3 Å². The Morgan fingerprint density at radius 2 is 1.74 bits per heavy atom. The molecular weight excluding hydrogens is 290 g/mol. The van der Waals surface area contributed by atoms with E-state index >= 15 is 0 Å². The molecule has 2 aromatic carbocycles. The van der Waals surface area contributed by atoms with Crippen molar-refractivity contribution in [2.45, 2.75) is 6.92 Å². The van der Waals surface area contributed by atoms with Crippen LogP contribution in [-0.4, -0.2) is 11.9 Å². The SMILES string of the molecule is C=C(C)c1cccc(N(C#N)C(=O)NC(=O)c2ccccc2)c1. The van der Waals surface area contributed by atoms with Gasteiger partial charge in [0.05, 0.1) is 5.69 Å². The van der Waals surface area contributed by atoms with Gasteiger partial charge < -0.3 is 0 Å². The Balaban J connectivity index is 2.19. The molecule has 0 saturated carbocycles. The number of carbonyl (C=O) groups is 2. The standard InChI is InChI=1S/C18H15N3O2/c1-13(2)15-9-6-10-16(11-15)21(12-19)18(23)20-17(22)14-7-4-3-5-8-14/h3-11H,1H2,2H3,(H,20,22,23). The molecule has 0 saturated heterocycles. The van der Waals surface area contributed by atoms with Gasteiger partial charge in [0.15, 0.2) is 6.19 Å². The number of nitrogens with one attached hydrogen (secondary N) is 1. The van der Waals surface area contributed by atoms with Crippen molar-refractivity contribution in [2.24, 2.45) is 0 Å². The Kier molecular flexibility index (Phi) is 4.90. The number of hydrogen-bond acceptors (Lipinski definition) is 3. The second-order valence-corrected chi connectivity index (χ2v) is 4.89. The predicted octanol–water partition coefficient (Wildman–Crippen LogP) is 3.56. The second-order valence-electron chi connectivity index (χ2n) is 4.89. The molecule has 0 aromatic heterocycles. The van der Waals surface area contributed by atoms with Crippen LogP contribution < -0.4 is 10.2 Å². The van der Waals surface area contributed by atoms with Crippen LogP contribution in [0.4, 0.5) is 10.5 Å². The molecule has 2 aromatic rings. The van der Waals surface area contributed by atoms with Crippen molar-refractivity contribution in [1.29, 1.82) is 5.26 Å². The Morgan fingerprint density at radius 1 is 1.09 bits per heavy atom. The highest BCUT2D eigenvalue weighted by atomic mass is 16.2. The van der Waals surface area contributed by atoms with Gasteiger partial charge in [-0.25, -0.2) is 4.79 Å². The highest BCUT2D eigenvalue weighted by molar-refractivity contribution is 6.09. The summed E-state index contributed by atoms with van der Waals surface area (Å²) in [5.41, 5.74) is 2.33. The van der Waals surface area contributed by atoms with E-state index in [1.54, 1.807) is 54.7 Å². The Bertz CT molecular complexity index is 791. The van der Waals surface area contributed by atoms with Crippen molar-refractivity contribution in [3.8, 4) is 6.19 Å². The molecule has 23 heavy (non-hydrogen) atoms. The molecule has 5 heteroatoms. The van der Waals surface area contributed by atoms with Gasteiger partial charge in [0, 0.05) is 5.56 Å². The number of amides is 3. The lowest BCUT2D eigenvalue weighted by molar-refractivity contribution is 0.0966. The van der Waals surface area contributed by atoms with Crippen LogP contribution >= 0.6 is 0 Å². The minimum Gasteiger partial charge on any atom is -0.273 e. The van der Waals surface area contributed by atoms with Gasteiger partial charge in [0.2, 0.25) is 0 Å². The van der Waals surface area contributed by atoms with E-state index in [2.05, 4.69) is 11.9 Å². The van der Waals surface area contributed by atoms with Gasteiger partial charge in [-0.2, -0.15) is 10.2 Å². The molecule has 1 N–H and O–H groups in total.